The standard InChI is InChI=1S/C12H16FNO4S/c1-12(2,3)10(11(15)16)14-19(17,18)9-7-5-4-6-8(9)13/h4-7,10,14H,1-3H3,(H,15,16). The van der Waals surface area contributed by atoms with Crippen molar-refractivity contribution in [3.8, 4) is 0 Å². The van der Waals surface area contributed by atoms with E-state index in [0.29, 0.717) is 0 Å². The number of halogens is 1. The van der Waals surface area contributed by atoms with Crippen LogP contribution >= 0.6 is 0 Å². The summed E-state index contributed by atoms with van der Waals surface area (Å²) in [4.78, 5) is 10.6. The van der Waals surface area contributed by atoms with E-state index in [1.807, 2.05) is 4.72 Å². The number of sulfonamides is 1. The van der Waals surface area contributed by atoms with Crippen molar-refractivity contribution in [1.29, 1.82) is 0 Å². The topological polar surface area (TPSA) is 83.5 Å². The Balaban J connectivity index is 3.16. The van der Waals surface area contributed by atoms with Gasteiger partial charge in [-0.15, -0.1) is 0 Å². The molecular weight excluding hydrogens is 273 g/mol. The van der Waals surface area contributed by atoms with Gasteiger partial charge in [0.15, 0.2) is 0 Å². The zero-order chi connectivity index (χ0) is 14.8. The summed E-state index contributed by atoms with van der Waals surface area (Å²) in [5, 5.41) is 9.07. The van der Waals surface area contributed by atoms with Crippen molar-refractivity contribution in [2.75, 3.05) is 0 Å². The lowest BCUT2D eigenvalue weighted by atomic mass is 9.88. The van der Waals surface area contributed by atoms with Gasteiger partial charge in [0.05, 0.1) is 0 Å². The Morgan fingerprint density at radius 2 is 1.84 bits per heavy atom. The quantitative estimate of drug-likeness (QED) is 0.882. The number of hydrogen-bond acceptors (Lipinski definition) is 3. The van der Waals surface area contributed by atoms with Gasteiger partial charge in [-0.2, -0.15) is 4.72 Å². The van der Waals surface area contributed by atoms with E-state index in [-0.39, 0.29) is 0 Å². The van der Waals surface area contributed by atoms with Crippen LogP contribution in [-0.4, -0.2) is 25.5 Å². The highest BCUT2D eigenvalue weighted by Crippen LogP contribution is 2.22. The third-order valence-corrected chi connectivity index (χ3v) is 3.97. The average molecular weight is 289 g/mol. The predicted octanol–water partition coefficient (Wildman–Crippen LogP) is 1.60. The van der Waals surface area contributed by atoms with Crippen molar-refractivity contribution < 1.29 is 22.7 Å². The number of benzene rings is 1. The first-order chi connectivity index (χ1) is 8.55. The van der Waals surface area contributed by atoms with E-state index in [0.717, 1.165) is 12.1 Å². The number of rotatable bonds is 4. The van der Waals surface area contributed by atoms with Crippen LogP contribution in [0.2, 0.25) is 0 Å². The van der Waals surface area contributed by atoms with Crippen LogP contribution < -0.4 is 4.72 Å². The summed E-state index contributed by atoms with van der Waals surface area (Å²) in [5.74, 6) is -2.24. The van der Waals surface area contributed by atoms with E-state index in [4.69, 9.17) is 5.11 Å². The fourth-order valence-corrected chi connectivity index (χ4v) is 2.95. The third kappa shape index (κ3) is 3.74. The molecule has 0 amide bonds. The fraction of sp³-hybridized carbons (Fsp3) is 0.417. The molecule has 1 aromatic rings. The van der Waals surface area contributed by atoms with Crippen molar-refractivity contribution in [3.63, 3.8) is 0 Å². The zero-order valence-corrected chi connectivity index (χ0v) is 11.7. The maximum atomic E-state index is 13.5. The molecular formula is C12H16FNO4S. The van der Waals surface area contributed by atoms with Crippen molar-refractivity contribution in [2.24, 2.45) is 5.41 Å². The molecule has 1 atom stereocenters. The highest BCUT2D eigenvalue weighted by atomic mass is 32.2. The minimum Gasteiger partial charge on any atom is -0.480 e. The fourth-order valence-electron chi connectivity index (χ4n) is 1.48. The van der Waals surface area contributed by atoms with E-state index in [1.165, 1.54) is 12.1 Å². The molecule has 0 aromatic heterocycles. The lowest BCUT2D eigenvalue weighted by molar-refractivity contribution is -0.141. The number of hydrogen-bond donors (Lipinski definition) is 2. The molecule has 0 fully saturated rings. The minimum atomic E-state index is -4.22. The summed E-state index contributed by atoms with van der Waals surface area (Å²) < 4.78 is 39.5. The van der Waals surface area contributed by atoms with Crippen LogP contribution in [0.15, 0.2) is 29.2 Å². The van der Waals surface area contributed by atoms with Gasteiger partial charge >= 0.3 is 5.97 Å². The molecule has 0 spiro atoms. The van der Waals surface area contributed by atoms with Crippen LogP contribution in [0, 0.1) is 11.2 Å². The van der Waals surface area contributed by atoms with Crippen LogP contribution in [0.25, 0.3) is 0 Å². The van der Waals surface area contributed by atoms with Gasteiger partial charge in [0, 0.05) is 0 Å². The summed E-state index contributed by atoms with van der Waals surface area (Å²) >= 11 is 0. The van der Waals surface area contributed by atoms with Gasteiger partial charge in [0.2, 0.25) is 10.0 Å². The lowest BCUT2D eigenvalue weighted by Gasteiger charge is -2.27. The van der Waals surface area contributed by atoms with Gasteiger partial charge < -0.3 is 5.11 Å². The van der Waals surface area contributed by atoms with E-state index in [2.05, 4.69) is 0 Å². The zero-order valence-electron chi connectivity index (χ0n) is 10.8. The summed E-state index contributed by atoms with van der Waals surface area (Å²) in [5.41, 5.74) is -0.843. The predicted molar refractivity (Wildman–Crippen MR) is 67.6 cm³/mol. The summed E-state index contributed by atoms with van der Waals surface area (Å²) in [6, 6.07) is 3.45. The van der Waals surface area contributed by atoms with Crippen molar-refractivity contribution in [1.82, 2.24) is 4.72 Å². The van der Waals surface area contributed by atoms with Gasteiger partial charge in [0.1, 0.15) is 16.8 Å². The maximum Gasteiger partial charge on any atom is 0.322 e. The second-order valence-corrected chi connectivity index (χ2v) is 6.87. The molecule has 0 saturated heterocycles. The van der Waals surface area contributed by atoms with Gasteiger partial charge in [-0.1, -0.05) is 32.9 Å². The van der Waals surface area contributed by atoms with Crippen LogP contribution in [0.3, 0.4) is 0 Å². The Labute approximate surface area is 111 Å². The molecule has 5 nitrogen and oxygen atoms in total. The minimum absolute atomic E-state index is 0.564. The summed E-state index contributed by atoms with van der Waals surface area (Å²) in [6.45, 7) is 4.74. The first kappa shape index (κ1) is 15.6. The van der Waals surface area contributed by atoms with E-state index >= 15 is 0 Å². The largest absolute Gasteiger partial charge is 0.480 e. The molecule has 106 valence electrons. The molecule has 0 saturated carbocycles. The van der Waals surface area contributed by atoms with Crippen LogP contribution in [0.1, 0.15) is 20.8 Å². The molecule has 0 bridgehead atoms. The van der Waals surface area contributed by atoms with Crippen molar-refractivity contribution >= 4 is 16.0 Å². The van der Waals surface area contributed by atoms with Crippen molar-refractivity contribution in [3.05, 3.63) is 30.1 Å². The van der Waals surface area contributed by atoms with E-state index in [9.17, 15) is 17.6 Å². The number of carboxylic acids is 1. The van der Waals surface area contributed by atoms with Crippen LogP contribution in [-0.2, 0) is 14.8 Å². The Bertz CT molecular complexity index is 578. The Kier molecular flexibility index (Phi) is 4.32. The van der Waals surface area contributed by atoms with Crippen LogP contribution in [0.4, 0.5) is 4.39 Å². The highest BCUT2D eigenvalue weighted by Gasteiger charge is 2.35. The molecule has 0 aliphatic carbocycles. The SMILES string of the molecule is CC(C)(C)C(NS(=O)(=O)c1ccccc1F)C(=O)O. The second kappa shape index (κ2) is 5.26. The first-order valence-corrected chi connectivity index (χ1v) is 7.03. The number of aliphatic carboxylic acids is 1. The molecule has 0 radical (unpaired) electrons. The second-order valence-electron chi connectivity index (χ2n) is 5.19. The molecule has 0 heterocycles. The Morgan fingerprint density at radius 1 is 1.32 bits per heavy atom. The lowest BCUT2D eigenvalue weighted by Crippen LogP contribution is -2.49. The number of carboxylic acid groups (broad SMARTS) is 1. The third-order valence-electron chi connectivity index (χ3n) is 2.51. The molecule has 7 heteroatoms. The normalized spacial score (nSPS) is 14.1. The molecule has 1 unspecified atom stereocenters. The van der Waals surface area contributed by atoms with Gasteiger partial charge in [-0.3, -0.25) is 4.79 Å². The number of carbonyl (C=O) groups is 1. The van der Waals surface area contributed by atoms with E-state index in [1.54, 1.807) is 20.8 Å². The van der Waals surface area contributed by atoms with Crippen molar-refractivity contribution in [2.45, 2.75) is 31.7 Å². The molecule has 1 rings (SSSR count). The Hall–Kier alpha value is -1.47. The van der Waals surface area contributed by atoms with Crippen LogP contribution in [0.5, 0.6) is 0 Å². The monoisotopic (exact) mass is 289 g/mol. The smallest absolute Gasteiger partial charge is 0.322 e. The van der Waals surface area contributed by atoms with E-state index < -0.39 is 38.2 Å². The first-order valence-electron chi connectivity index (χ1n) is 5.55. The van der Waals surface area contributed by atoms with Gasteiger partial charge in [-0.05, 0) is 17.5 Å². The number of nitrogens with one attached hydrogen (secondary N) is 1. The average Bonchev–Trinajstić information content (AvgIpc) is 2.24. The van der Waals surface area contributed by atoms with Gasteiger partial charge in [0.25, 0.3) is 0 Å². The maximum absolute atomic E-state index is 13.5. The molecule has 2 N–H and O–H groups in total. The summed E-state index contributed by atoms with van der Waals surface area (Å²) in [7, 11) is -4.22. The molecule has 0 aliphatic heterocycles. The van der Waals surface area contributed by atoms with Gasteiger partial charge in [-0.25, -0.2) is 12.8 Å². The highest BCUT2D eigenvalue weighted by molar-refractivity contribution is 7.89. The summed E-state index contributed by atoms with van der Waals surface area (Å²) in [6.07, 6.45) is 0. The molecule has 1 aromatic carbocycles. The molecule has 0 aliphatic rings. The Morgan fingerprint density at radius 3 is 2.26 bits per heavy atom. The molecule has 19 heavy (non-hydrogen) atoms.